The van der Waals surface area contributed by atoms with Gasteiger partial charge in [-0.2, -0.15) is 0 Å². The number of urea groups is 1. The predicted octanol–water partition coefficient (Wildman–Crippen LogP) is 1.78. The number of hydrogen-bond donors (Lipinski definition) is 1. The Balaban J connectivity index is 1.88. The number of likely N-dealkylation sites (tertiary alicyclic amines) is 1. The molecule has 7 nitrogen and oxygen atoms in total. The number of rotatable bonds is 8. The first kappa shape index (κ1) is 22.0. The molecule has 7 heteroatoms. The van der Waals surface area contributed by atoms with Gasteiger partial charge in [0.1, 0.15) is 0 Å². The van der Waals surface area contributed by atoms with Crippen molar-refractivity contribution in [2.75, 3.05) is 53.5 Å². The fraction of sp³-hybridized carbons (Fsp3) is 0.900. The Morgan fingerprint density at radius 3 is 2.48 bits per heavy atom. The number of ether oxygens (including phenoxy) is 1. The van der Waals surface area contributed by atoms with Crippen molar-refractivity contribution in [3.05, 3.63) is 0 Å². The molecule has 27 heavy (non-hydrogen) atoms. The van der Waals surface area contributed by atoms with Gasteiger partial charge >= 0.3 is 6.03 Å². The van der Waals surface area contributed by atoms with E-state index in [2.05, 4.69) is 24.1 Å². The van der Waals surface area contributed by atoms with E-state index in [0.717, 1.165) is 58.5 Å². The Morgan fingerprint density at radius 1 is 1.15 bits per heavy atom. The third-order valence-corrected chi connectivity index (χ3v) is 5.59. The molecular formula is C20H38N4O3. The highest BCUT2D eigenvalue weighted by Crippen LogP contribution is 2.23. The molecule has 2 aliphatic heterocycles. The summed E-state index contributed by atoms with van der Waals surface area (Å²) in [7, 11) is 3.61. The van der Waals surface area contributed by atoms with Crippen molar-refractivity contribution in [3.8, 4) is 0 Å². The van der Waals surface area contributed by atoms with E-state index in [4.69, 9.17) is 4.74 Å². The van der Waals surface area contributed by atoms with Gasteiger partial charge < -0.3 is 19.9 Å². The van der Waals surface area contributed by atoms with Crippen LogP contribution in [0.4, 0.5) is 4.79 Å². The largest absolute Gasteiger partial charge is 0.381 e. The quantitative estimate of drug-likeness (QED) is 0.695. The van der Waals surface area contributed by atoms with E-state index in [-0.39, 0.29) is 11.9 Å². The summed E-state index contributed by atoms with van der Waals surface area (Å²) >= 11 is 0. The van der Waals surface area contributed by atoms with E-state index in [0.29, 0.717) is 31.0 Å². The first-order valence-corrected chi connectivity index (χ1v) is 10.4. The Hall–Kier alpha value is -1.34. The fourth-order valence-electron chi connectivity index (χ4n) is 3.98. The second kappa shape index (κ2) is 10.9. The van der Waals surface area contributed by atoms with Gasteiger partial charge in [-0.1, -0.05) is 13.8 Å². The summed E-state index contributed by atoms with van der Waals surface area (Å²) in [5.41, 5.74) is 0. The Kier molecular flexibility index (Phi) is 8.83. The van der Waals surface area contributed by atoms with Gasteiger partial charge in [0, 0.05) is 72.0 Å². The number of carbonyl (C=O) groups is 2. The maximum atomic E-state index is 12.3. The SMILES string of the molecule is CC(C)CCC(=O)NCCN(C1CCOCC1)C1CCN(C(=O)N(C)C)C1. The predicted molar refractivity (Wildman–Crippen MR) is 107 cm³/mol. The molecule has 1 N–H and O–H groups in total. The summed E-state index contributed by atoms with van der Waals surface area (Å²) in [4.78, 5) is 30.4. The van der Waals surface area contributed by atoms with Crippen LogP contribution in [0.1, 0.15) is 46.0 Å². The van der Waals surface area contributed by atoms with Gasteiger partial charge in [-0.25, -0.2) is 4.79 Å². The van der Waals surface area contributed by atoms with Crippen LogP contribution in [0, 0.1) is 5.92 Å². The average molecular weight is 383 g/mol. The molecule has 3 amide bonds. The first-order valence-electron chi connectivity index (χ1n) is 10.4. The van der Waals surface area contributed by atoms with Crippen LogP contribution in [0.5, 0.6) is 0 Å². The third-order valence-electron chi connectivity index (χ3n) is 5.59. The zero-order valence-electron chi connectivity index (χ0n) is 17.6. The number of nitrogens with zero attached hydrogens (tertiary/aromatic N) is 3. The lowest BCUT2D eigenvalue weighted by Gasteiger charge is -2.38. The summed E-state index contributed by atoms with van der Waals surface area (Å²) in [6.45, 7) is 8.98. The summed E-state index contributed by atoms with van der Waals surface area (Å²) in [6.07, 6.45) is 4.58. The topological polar surface area (TPSA) is 65.1 Å². The van der Waals surface area contributed by atoms with Crippen molar-refractivity contribution in [2.45, 2.75) is 58.0 Å². The highest BCUT2D eigenvalue weighted by atomic mass is 16.5. The van der Waals surface area contributed by atoms with Gasteiger partial charge in [0.15, 0.2) is 0 Å². The van der Waals surface area contributed by atoms with Gasteiger partial charge in [-0.05, 0) is 31.6 Å². The fourth-order valence-corrected chi connectivity index (χ4v) is 3.98. The van der Waals surface area contributed by atoms with Gasteiger partial charge in [0.05, 0.1) is 0 Å². The Labute approximate surface area is 164 Å². The zero-order chi connectivity index (χ0) is 19.8. The summed E-state index contributed by atoms with van der Waals surface area (Å²) in [6, 6.07) is 0.932. The molecule has 2 heterocycles. The number of carbonyl (C=O) groups excluding carboxylic acids is 2. The van der Waals surface area contributed by atoms with Crippen molar-refractivity contribution >= 4 is 11.9 Å². The van der Waals surface area contributed by atoms with Crippen molar-refractivity contribution in [2.24, 2.45) is 5.92 Å². The van der Waals surface area contributed by atoms with Crippen LogP contribution in [0.15, 0.2) is 0 Å². The minimum absolute atomic E-state index is 0.0893. The van der Waals surface area contributed by atoms with Crippen LogP contribution in [-0.2, 0) is 9.53 Å². The highest BCUT2D eigenvalue weighted by molar-refractivity contribution is 5.75. The van der Waals surface area contributed by atoms with Gasteiger partial charge in [-0.15, -0.1) is 0 Å². The molecule has 0 aromatic rings. The summed E-state index contributed by atoms with van der Waals surface area (Å²) in [5, 5.41) is 3.08. The minimum Gasteiger partial charge on any atom is -0.381 e. The molecule has 0 bridgehead atoms. The van der Waals surface area contributed by atoms with Crippen molar-refractivity contribution in [1.29, 1.82) is 0 Å². The molecule has 156 valence electrons. The third kappa shape index (κ3) is 6.96. The molecule has 0 radical (unpaired) electrons. The lowest BCUT2D eigenvalue weighted by Crippen LogP contribution is -2.50. The lowest BCUT2D eigenvalue weighted by atomic mass is 10.0. The van der Waals surface area contributed by atoms with Crippen molar-refractivity contribution in [1.82, 2.24) is 20.0 Å². The van der Waals surface area contributed by atoms with Crippen molar-refractivity contribution in [3.63, 3.8) is 0 Å². The molecule has 2 rings (SSSR count). The van der Waals surface area contributed by atoms with E-state index >= 15 is 0 Å². The minimum atomic E-state index is 0.0893. The summed E-state index contributed by atoms with van der Waals surface area (Å²) < 4.78 is 5.53. The van der Waals surface area contributed by atoms with E-state index in [1.54, 1.807) is 19.0 Å². The van der Waals surface area contributed by atoms with Crippen molar-refractivity contribution < 1.29 is 14.3 Å². The number of nitrogens with one attached hydrogen (secondary N) is 1. The van der Waals surface area contributed by atoms with E-state index in [1.165, 1.54) is 0 Å². The molecule has 2 saturated heterocycles. The molecule has 1 atom stereocenters. The second-order valence-electron chi connectivity index (χ2n) is 8.43. The smallest absolute Gasteiger partial charge is 0.319 e. The number of amides is 3. The molecular weight excluding hydrogens is 344 g/mol. The molecule has 1 unspecified atom stereocenters. The molecule has 0 aromatic carbocycles. The Bertz CT molecular complexity index is 478. The van der Waals surface area contributed by atoms with E-state index in [9.17, 15) is 9.59 Å². The van der Waals surface area contributed by atoms with Gasteiger partial charge in [-0.3, -0.25) is 9.69 Å². The molecule has 0 aliphatic carbocycles. The van der Waals surface area contributed by atoms with Crippen LogP contribution < -0.4 is 5.32 Å². The standard InChI is InChI=1S/C20H38N4O3/c1-16(2)5-6-19(25)21-10-12-24(17-8-13-27-14-9-17)18-7-11-23(15-18)20(26)22(3)4/h16-18H,5-15H2,1-4H3,(H,21,25). The average Bonchev–Trinajstić information content (AvgIpc) is 3.13. The van der Waals surface area contributed by atoms with Crippen LogP contribution in [0.2, 0.25) is 0 Å². The molecule has 2 fully saturated rings. The van der Waals surface area contributed by atoms with Crippen LogP contribution in [0.25, 0.3) is 0 Å². The van der Waals surface area contributed by atoms with E-state index in [1.807, 2.05) is 4.90 Å². The highest BCUT2D eigenvalue weighted by Gasteiger charge is 2.34. The number of hydrogen-bond acceptors (Lipinski definition) is 4. The van der Waals surface area contributed by atoms with Crippen LogP contribution >= 0.6 is 0 Å². The molecule has 0 saturated carbocycles. The van der Waals surface area contributed by atoms with E-state index < -0.39 is 0 Å². The zero-order valence-corrected chi connectivity index (χ0v) is 17.6. The second-order valence-corrected chi connectivity index (χ2v) is 8.43. The molecule has 0 aromatic heterocycles. The maximum Gasteiger partial charge on any atom is 0.319 e. The van der Waals surface area contributed by atoms with Gasteiger partial charge in [0.2, 0.25) is 5.91 Å². The monoisotopic (exact) mass is 382 g/mol. The van der Waals surface area contributed by atoms with Crippen LogP contribution in [-0.4, -0.2) is 92.2 Å². The molecule has 2 aliphatic rings. The van der Waals surface area contributed by atoms with Gasteiger partial charge in [0.25, 0.3) is 0 Å². The first-order chi connectivity index (χ1) is 12.9. The maximum absolute atomic E-state index is 12.3. The lowest BCUT2D eigenvalue weighted by molar-refractivity contribution is -0.121. The van der Waals surface area contributed by atoms with Crippen LogP contribution in [0.3, 0.4) is 0 Å². The normalized spacial score (nSPS) is 21.1. The summed E-state index contributed by atoms with van der Waals surface area (Å²) in [5.74, 6) is 0.694. The molecule has 0 spiro atoms. The Morgan fingerprint density at radius 2 is 1.85 bits per heavy atom.